The minimum absolute atomic E-state index is 0.0150. The van der Waals surface area contributed by atoms with E-state index in [1.54, 1.807) is 24.3 Å². The van der Waals surface area contributed by atoms with Crippen molar-refractivity contribution in [1.82, 2.24) is 4.72 Å². The Balaban J connectivity index is 1.85. The van der Waals surface area contributed by atoms with Gasteiger partial charge in [-0.15, -0.1) is 0 Å². The van der Waals surface area contributed by atoms with Crippen LogP contribution in [-0.2, 0) is 21.6 Å². The number of carboxylic acid groups (broad SMARTS) is 1. The van der Waals surface area contributed by atoms with Crippen molar-refractivity contribution in [3.63, 3.8) is 0 Å². The fourth-order valence-electron chi connectivity index (χ4n) is 3.25. The van der Waals surface area contributed by atoms with E-state index in [4.69, 9.17) is 9.84 Å². The van der Waals surface area contributed by atoms with Crippen LogP contribution in [0.3, 0.4) is 0 Å². The molecule has 1 aliphatic rings. The molecule has 160 valence electrons. The highest BCUT2D eigenvalue weighted by Gasteiger charge is 2.38. The van der Waals surface area contributed by atoms with Crippen LogP contribution in [0.5, 0.6) is 5.75 Å². The Morgan fingerprint density at radius 2 is 1.94 bits per heavy atom. The Hall–Kier alpha value is -3.86. The van der Waals surface area contributed by atoms with Gasteiger partial charge in [0.25, 0.3) is 5.91 Å². The van der Waals surface area contributed by atoms with Gasteiger partial charge in [0.05, 0.1) is 0 Å². The second kappa shape index (κ2) is 7.76. The van der Waals surface area contributed by atoms with E-state index < -0.39 is 40.3 Å². The predicted molar refractivity (Wildman–Crippen MR) is 111 cm³/mol. The van der Waals surface area contributed by atoms with Gasteiger partial charge in [-0.1, -0.05) is 30.3 Å². The maximum absolute atomic E-state index is 15.5. The van der Waals surface area contributed by atoms with Crippen molar-refractivity contribution >= 4 is 44.4 Å². The van der Waals surface area contributed by atoms with Gasteiger partial charge in [0.1, 0.15) is 24.6 Å². The van der Waals surface area contributed by atoms with Crippen molar-refractivity contribution in [2.75, 3.05) is 16.2 Å². The van der Waals surface area contributed by atoms with Crippen molar-refractivity contribution in [2.45, 2.75) is 6.61 Å². The third-order valence-corrected chi connectivity index (χ3v) is 5.95. The quantitative estimate of drug-likeness (QED) is 0.555. The lowest BCUT2D eigenvalue weighted by atomic mass is 10.1. The van der Waals surface area contributed by atoms with E-state index in [2.05, 4.69) is 5.32 Å². The highest BCUT2D eigenvalue weighted by molar-refractivity contribution is 7.92. The second-order valence-electron chi connectivity index (χ2n) is 6.71. The third kappa shape index (κ3) is 4.08. The predicted octanol–water partition coefficient (Wildman–Crippen LogP) is 2.83. The number of benzene rings is 3. The monoisotopic (exact) mass is 445 g/mol. The number of ether oxygens (including phenoxy) is 1. The Kier molecular flexibility index (Phi) is 5.11. The Labute approximate surface area is 176 Å². The van der Waals surface area contributed by atoms with Crippen LogP contribution in [-0.4, -0.2) is 32.1 Å². The molecule has 3 aromatic carbocycles. The minimum atomic E-state index is -4.29. The number of nitrogens with one attached hydrogen (secondary N) is 2. The summed E-state index contributed by atoms with van der Waals surface area (Å²) in [5.74, 6) is -1.82. The summed E-state index contributed by atoms with van der Waals surface area (Å²) in [4.78, 5) is 22.6. The Morgan fingerprint density at radius 3 is 2.58 bits per heavy atom. The van der Waals surface area contributed by atoms with Gasteiger partial charge in [-0.05, 0) is 35.2 Å². The average molecular weight is 445 g/mol. The van der Waals surface area contributed by atoms with Crippen molar-refractivity contribution in [2.24, 2.45) is 0 Å². The fourth-order valence-corrected chi connectivity index (χ4v) is 4.41. The standard InChI is InChI=1S/C20H16FN3O6S/c21-18-15-7-6-14(22-20(26)27)8-13(15)9-16(30-11-12-4-2-1-3-5-12)19(18)24-10-17(25)23-31(24,28)29/h1-9,22H,10-11H2,(H,23,25)(H,26,27). The molecule has 1 aliphatic heterocycles. The van der Waals surface area contributed by atoms with Crippen molar-refractivity contribution in [3.05, 3.63) is 66.0 Å². The molecule has 9 nitrogen and oxygen atoms in total. The zero-order chi connectivity index (χ0) is 22.2. The molecule has 31 heavy (non-hydrogen) atoms. The van der Waals surface area contributed by atoms with Crippen LogP contribution in [0, 0.1) is 5.82 Å². The molecular weight excluding hydrogens is 429 g/mol. The first-order valence-electron chi connectivity index (χ1n) is 9.01. The Morgan fingerprint density at radius 1 is 1.19 bits per heavy atom. The summed E-state index contributed by atoms with van der Waals surface area (Å²) in [6.45, 7) is -0.577. The molecule has 0 spiro atoms. The number of nitrogens with zero attached hydrogens (tertiary/aromatic N) is 1. The number of halogens is 1. The SMILES string of the molecule is O=C(O)Nc1ccc2c(F)c(N3CC(=O)NS3(=O)=O)c(OCc3ccccc3)cc2c1. The van der Waals surface area contributed by atoms with Crippen LogP contribution in [0.2, 0.25) is 0 Å². The normalized spacial score (nSPS) is 15.0. The Bertz CT molecular complexity index is 1300. The number of hydrogen-bond acceptors (Lipinski definition) is 5. The molecule has 11 heteroatoms. The summed E-state index contributed by atoms with van der Waals surface area (Å²) in [5, 5.41) is 11.4. The van der Waals surface area contributed by atoms with Gasteiger partial charge in [0.2, 0.25) is 0 Å². The molecule has 1 saturated heterocycles. The molecule has 0 atom stereocenters. The summed E-state index contributed by atoms with van der Waals surface area (Å²) >= 11 is 0. The van der Waals surface area contributed by atoms with Crippen molar-refractivity contribution < 1.29 is 32.2 Å². The van der Waals surface area contributed by atoms with E-state index in [9.17, 15) is 18.0 Å². The van der Waals surface area contributed by atoms with Crippen LogP contribution < -0.4 is 19.1 Å². The molecule has 1 fully saturated rings. The van der Waals surface area contributed by atoms with E-state index in [0.29, 0.717) is 4.31 Å². The number of anilines is 2. The summed E-state index contributed by atoms with van der Waals surface area (Å²) in [6.07, 6.45) is -1.29. The lowest BCUT2D eigenvalue weighted by molar-refractivity contribution is -0.117. The zero-order valence-electron chi connectivity index (χ0n) is 15.8. The van der Waals surface area contributed by atoms with E-state index in [0.717, 1.165) is 5.56 Å². The number of carbonyl (C=O) groups is 2. The van der Waals surface area contributed by atoms with Crippen LogP contribution in [0.25, 0.3) is 10.8 Å². The molecule has 0 saturated carbocycles. The third-order valence-electron chi connectivity index (χ3n) is 4.57. The summed E-state index contributed by atoms with van der Waals surface area (Å²) in [5.41, 5.74) is 0.557. The first-order chi connectivity index (χ1) is 14.7. The van der Waals surface area contributed by atoms with Gasteiger partial charge in [0.15, 0.2) is 5.82 Å². The topological polar surface area (TPSA) is 125 Å². The molecule has 1 heterocycles. The number of amides is 2. The van der Waals surface area contributed by atoms with Crippen LogP contribution in [0.15, 0.2) is 54.6 Å². The van der Waals surface area contributed by atoms with E-state index in [-0.39, 0.29) is 28.8 Å². The molecule has 3 aromatic rings. The highest BCUT2D eigenvalue weighted by atomic mass is 32.2. The van der Waals surface area contributed by atoms with Gasteiger partial charge >= 0.3 is 16.3 Å². The maximum atomic E-state index is 15.5. The molecule has 4 rings (SSSR count). The molecule has 0 bridgehead atoms. The summed E-state index contributed by atoms with van der Waals surface area (Å²) in [7, 11) is -4.29. The smallest absolute Gasteiger partial charge is 0.409 e. The molecular formula is C20H16FN3O6S. The van der Waals surface area contributed by atoms with Crippen LogP contribution >= 0.6 is 0 Å². The lowest BCUT2D eigenvalue weighted by Crippen LogP contribution is -2.30. The van der Waals surface area contributed by atoms with Crippen LogP contribution in [0.4, 0.5) is 20.6 Å². The molecule has 0 aliphatic carbocycles. The fraction of sp³-hybridized carbons (Fsp3) is 0.100. The first-order valence-corrected chi connectivity index (χ1v) is 10.4. The molecule has 0 aromatic heterocycles. The maximum Gasteiger partial charge on any atom is 0.409 e. The molecule has 0 unspecified atom stereocenters. The van der Waals surface area contributed by atoms with Gasteiger partial charge in [-0.25, -0.2) is 18.2 Å². The largest absolute Gasteiger partial charge is 0.487 e. The zero-order valence-corrected chi connectivity index (χ0v) is 16.6. The van der Waals surface area contributed by atoms with Gasteiger partial charge in [-0.3, -0.25) is 10.1 Å². The van der Waals surface area contributed by atoms with Crippen molar-refractivity contribution in [1.29, 1.82) is 0 Å². The molecule has 2 amide bonds. The first kappa shape index (κ1) is 20.4. The molecule has 0 radical (unpaired) electrons. The number of fused-ring (bicyclic) bond motifs is 1. The second-order valence-corrected chi connectivity index (χ2v) is 8.31. The number of hydrogen-bond donors (Lipinski definition) is 3. The van der Waals surface area contributed by atoms with Gasteiger partial charge in [-0.2, -0.15) is 8.42 Å². The number of rotatable bonds is 5. The molecule has 3 N–H and O–H groups in total. The summed E-state index contributed by atoms with van der Waals surface area (Å²) in [6, 6.07) is 14.4. The van der Waals surface area contributed by atoms with Gasteiger partial charge in [0, 0.05) is 11.1 Å². The van der Waals surface area contributed by atoms with Crippen molar-refractivity contribution in [3.8, 4) is 5.75 Å². The van der Waals surface area contributed by atoms with Crippen LogP contribution in [0.1, 0.15) is 5.56 Å². The number of carbonyl (C=O) groups excluding carboxylic acids is 1. The summed E-state index contributed by atoms with van der Waals surface area (Å²) < 4.78 is 48.4. The van der Waals surface area contributed by atoms with E-state index in [1.807, 2.05) is 10.8 Å². The lowest BCUT2D eigenvalue weighted by Gasteiger charge is -2.21. The van der Waals surface area contributed by atoms with Gasteiger partial charge < -0.3 is 9.84 Å². The van der Waals surface area contributed by atoms with E-state index >= 15 is 4.39 Å². The highest BCUT2D eigenvalue weighted by Crippen LogP contribution is 2.40. The average Bonchev–Trinajstić information content (AvgIpc) is 2.98. The minimum Gasteiger partial charge on any atom is -0.487 e. The van der Waals surface area contributed by atoms with E-state index in [1.165, 1.54) is 24.3 Å².